The maximum absolute atomic E-state index is 11.3. The van der Waals surface area contributed by atoms with Gasteiger partial charge in [-0.15, -0.1) is 0 Å². The van der Waals surface area contributed by atoms with E-state index in [0.717, 1.165) is 17.0 Å². The van der Waals surface area contributed by atoms with Crippen molar-refractivity contribution in [1.82, 2.24) is 9.97 Å². The molecule has 88 valence electrons. The van der Waals surface area contributed by atoms with Crippen LogP contribution in [0.2, 0.25) is 0 Å². The van der Waals surface area contributed by atoms with Crippen LogP contribution in [-0.4, -0.2) is 17.1 Å². The minimum Gasteiger partial charge on any atom is -0.497 e. The van der Waals surface area contributed by atoms with Crippen LogP contribution in [0.3, 0.4) is 0 Å². The van der Waals surface area contributed by atoms with E-state index >= 15 is 0 Å². The summed E-state index contributed by atoms with van der Waals surface area (Å²) in [5, 5.41) is 0. The highest BCUT2D eigenvalue weighted by molar-refractivity contribution is 5.30. The van der Waals surface area contributed by atoms with Gasteiger partial charge in [-0.2, -0.15) is 0 Å². The summed E-state index contributed by atoms with van der Waals surface area (Å²) in [4.78, 5) is 18.2. The molecule has 0 bridgehead atoms. The molecule has 0 fully saturated rings. The van der Waals surface area contributed by atoms with Crippen LogP contribution >= 0.6 is 0 Å². The Morgan fingerprint density at radius 2 is 2.18 bits per heavy atom. The average Bonchev–Trinajstić information content (AvgIpc) is 2.28. The number of rotatable bonds is 3. The topological polar surface area (TPSA) is 55.0 Å². The van der Waals surface area contributed by atoms with E-state index in [9.17, 15) is 4.79 Å². The third-order valence-electron chi connectivity index (χ3n) is 2.43. The minimum absolute atomic E-state index is 0.115. The van der Waals surface area contributed by atoms with Gasteiger partial charge in [-0.05, 0) is 24.6 Å². The molecule has 1 aromatic carbocycles. The Morgan fingerprint density at radius 1 is 1.35 bits per heavy atom. The number of nitrogens with zero attached hydrogens (tertiary/aromatic N) is 1. The van der Waals surface area contributed by atoms with Gasteiger partial charge in [0.1, 0.15) is 11.6 Å². The summed E-state index contributed by atoms with van der Waals surface area (Å²) in [5.74, 6) is 1.44. The number of H-pyrrole nitrogens is 1. The van der Waals surface area contributed by atoms with E-state index < -0.39 is 0 Å². The van der Waals surface area contributed by atoms with Gasteiger partial charge in [-0.25, -0.2) is 4.98 Å². The quantitative estimate of drug-likeness (QED) is 0.872. The number of aryl methyl sites for hydroxylation is 1. The highest BCUT2D eigenvalue weighted by Gasteiger charge is 2.01. The molecule has 2 aromatic rings. The summed E-state index contributed by atoms with van der Waals surface area (Å²) in [7, 11) is 1.63. The van der Waals surface area contributed by atoms with Crippen LogP contribution in [0.1, 0.15) is 17.1 Å². The summed E-state index contributed by atoms with van der Waals surface area (Å²) >= 11 is 0. The Kier molecular flexibility index (Phi) is 3.23. The molecule has 0 amide bonds. The maximum Gasteiger partial charge on any atom is 0.251 e. The van der Waals surface area contributed by atoms with E-state index in [-0.39, 0.29) is 5.56 Å². The largest absolute Gasteiger partial charge is 0.497 e. The zero-order valence-electron chi connectivity index (χ0n) is 9.86. The van der Waals surface area contributed by atoms with Crippen LogP contribution in [0, 0.1) is 6.92 Å². The van der Waals surface area contributed by atoms with Crippen molar-refractivity contribution in [3.05, 3.63) is 57.8 Å². The van der Waals surface area contributed by atoms with Crippen molar-refractivity contribution in [3.8, 4) is 5.75 Å². The van der Waals surface area contributed by atoms with E-state index in [2.05, 4.69) is 9.97 Å². The molecular weight excluding hydrogens is 216 g/mol. The molecule has 0 atom stereocenters. The normalized spacial score (nSPS) is 10.2. The first-order valence-corrected chi connectivity index (χ1v) is 5.37. The van der Waals surface area contributed by atoms with Crippen molar-refractivity contribution in [1.29, 1.82) is 0 Å². The van der Waals surface area contributed by atoms with Crippen LogP contribution in [0.25, 0.3) is 0 Å². The van der Waals surface area contributed by atoms with E-state index in [0.29, 0.717) is 12.2 Å². The van der Waals surface area contributed by atoms with Crippen LogP contribution in [-0.2, 0) is 6.42 Å². The number of benzene rings is 1. The number of hydrogen-bond donors (Lipinski definition) is 1. The molecule has 0 aliphatic heterocycles. The second kappa shape index (κ2) is 4.82. The van der Waals surface area contributed by atoms with Crippen molar-refractivity contribution in [3.63, 3.8) is 0 Å². The molecule has 0 aliphatic carbocycles. The molecule has 0 saturated heterocycles. The summed E-state index contributed by atoms with van der Waals surface area (Å²) in [5.41, 5.74) is 1.72. The molecule has 1 aromatic heterocycles. The summed E-state index contributed by atoms with van der Waals surface area (Å²) < 4.78 is 5.15. The molecule has 0 radical (unpaired) electrons. The first kappa shape index (κ1) is 11.4. The van der Waals surface area contributed by atoms with Gasteiger partial charge < -0.3 is 9.72 Å². The molecule has 1 heterocycles. The van der Waals surface area contributed by atoms with Crippen molar-refractivity contribution in [2.24, 2.45) is 0 Å². The average molecular weight is 230 g/mol. The van der Waals surface area contributed by atoms with Crippen molar-refractivity contribution in [2.45, 2.75) is 13.3 Å². The Hall–Kier alpha value is -2.10. The lowest BCUT2D eigenvalue weighted by Gasteiger charge is -2.04. The number of ether oxygens (including phenoxy) is 1. The van der Waals surface area contributed by atoms with Crippen LogP contribution in [0.5, 0.6) is 5.75 Å². The highest BCUT2D eigenvalue weighted by Crippen LogP contribution is 2.14. The lowest BCUT2D eigenvalue weighted by atomic mass is 10.1. The summed E-state index contributed by atoms with van der Waals surface area (Å²) in [6, 6.07) is 9.26. The van der Waals surface area contributed by atoms with Gasteiger partial charge in [0.2, 0.25) is 0 Å². The number of hydrogen-bond acceptors (Lipinski definition) is 3. The predicted molar refractivity (Wildman–Crippen MR) is 65.4 cm³/mol. The number of aromatic amines is 1. The zero-order chi connectivity index (χ0) is 12.3. The molecule has 0 aliphatic rings. The Bertz CT molecular complexity index is 576. The Morgan fingerprint density at radius 3 is 2.88 bits per heavy atom. The molecule has 2 rings (SSSR count). The molecule has 0 spiro atoms. The zero-order valence-corrected chi connectivity index (χ0v) is 9.86. The predicted octanol–water partition coefficient (Wildman–Crippen LogP) is 1.68. The first-order valence-electron chi connectivity index (χ1n) is 5.37. The fraction of sp³-hybridized carbons (Fsp3) is 0.231. The van der Waals surface area contributed by atoms with E-state index in [1.807, 2.05) is 24.3 Å². The smallest absolute Gasteiger partial charge is 0.251 e. The first-order chi connectivity index (χ1) is 8.17. The van der Waals surface area contributed by atoms with Crippen LogP contribution in [0.4, 0.5) is 0 Å². The summed E-state index contributed by atoms with van der Waals surface area (Å²) in [6.45, 7) is 1.77. The lowest BCUT2D eigenvalue weighted by Crippen LogP contribution is -2.10. The molecule has 17 heavy (non-hydrogen) atoms. The van der Waals surface area contributed by atoms with E-state index in [4.69, 9.17) is 4.74 Å². The molecule has 4 heteroatoms. The number of nitrogens with one attached hydrogen (secondary N) is 1. The third-order valence-corrected chi connectivity index (χ3v) is 2.43. The van der Waals surface area contributed by atoms with Gasteiger partial charge in [-0.1, -0.05) is 12.1 Å². The lowest BCUT2D eigenvalue weighted by molar-refractivity contribution is 0.414. The third kappa shape index (κ3) is 2.93. The van der Waals surface area contributed by atoms with Crippen molar-refractivity contribution < 1.29 is 4.74 Å². The van der Waals surface area contributed by atoms with E-state index in [1.54, 1.807) is 14.0 Å². The monoisotopic (exact) mass is 230 g/mol. The second-order valence-electron chi connectivity index (χ2n) is 3.85. The van der Waals surface area contributed by atoms with Crippen LogP contribution < -0.4 is 10.3 Å². The Balaban J connectivity index is 2.27. The Labute approximate surface area is 99.3 Å². The standard InChI is InChI=1S/C13H14N2O2/c1-9-14-11(8-13(16)15-9)6-10-4-3-5-12(7-10)17-2/h3-5,7-8H,6H2,1-2H3,(H,14,15,16). The highest BCUT2D eigenvalue weighted by atomic mass is 16.5. The van der Waals surface area contributed by atoms with Gasteiger partial charge in [0, 0.05) is 12.5 Å². The fourth-order valence-electron chi connectivity index (χ4n) is 1.72. The van der Waals surface area contributed by atoms with Gasteiger partial charge in [0.15, 0.2) is 0 Å². The maximum atomic E-state index is 11.3. The molecule has 4 nitrogen and oxygen atoms in total. The van der Waals surface area contributed by atoms with Gasteiger partial charge >= 0.3 is 0 Å². The van der Waals surface area contributed by atoms with Gasteiger partial charge in [0.25, 0.3) is 5.56 Å². The number of aromatic nitrogens is 2. The molecule has 0 saturated carbocycles. The van der Waals surface area contributed by atoms with Crippen LogP contribution in [0.15, 0.2) is 35.1 Å². The molecule has 1 N–H and O–H groups in total. The SMILES string of the molecule is COc1cccc(Cc2cc(=O)[nH]c(C)n2)c1. The summed E-state index contributed by atoms with van der Waals surface area (Å²) in [6.07, 6.45) is 0.627. The van der Waals surface area contributed by atoms with Gasteiger partial charge in [-0.3, -0.25) is 4.79 Å². The molecular formula is C13H14N2O2. The van der Waals surface area contributed by atoms with Crippen molar-refractivity contribution in [2.75, 3.05) is 7.11 Å². The van der Waals surface area contributed by atoms with E-state index in [1.165, 1.54) is 6.07 Å². The number of methoxy groups -OCH3 is 1. The van der Waals surface area contributed by atoms with Crippen molar-refractivity contribution >= 4 is 0 Å². The minimum atomic E-state index is -0.115. The van der Waals surface area contributed by atoms with Gasteiger partial charge in [0.05, 0.1) is 12.8 Å². The fourth-order valence-corrected chi connectivity index (χ4v) is 1.72. The molecule has 0 unspecified atom stereocenters. The second-order valence-corrected chi connectivity index (χ2v) is 3.85.